The standard InChI is InChI=1S/C40H40F4N4O10S2/c1-25(39(49)50)19-27-21-33(41)37(34(42)22-27)57-29-3-7-31(8-4-29)59(53,54)45-11-13-47-15-17-48(18-16-47)14-12-46-60(55,56)32-9-5-30(6-10-32)58-38-35(43)23-28(24-36(38)44)20-26(2)40(51)52/h3-10,19-24,45-46H,11-18H2,1-2H3,(H,49,50)(H,51,52). The van der Waals surface area contributed by atoms with Crippen molar-refractivity contribution in [1.29, 1.82) is 0 Å². The second-order valence-corrected chi connectivity index (χ2v) is 17.1. The van der Waals surface area contributed by atoms with Crippen LogP contribution < -0.4 is 18.9 Å². The third-order valence-corrected chi connectivity index (χ3v) is 12.0. The van der Waals surface area contributed by atoms with Gasteiger partial charge < -0.3 is 19.7 Å². The summed E-state index contributed by atoms with van der Waals surface area (Å²) < 4.78 is 126. The number of ether oxygens (including phenoxy) is 2. The van der Waals surface area contributed by atoms with Crippen molar-refractivity contribution in [2.45, 2.75) is 23.6 Å². The molecule has 0 aliphatic carbocycles. The van der Waals surface area contributed by atoms with E-state index < -0.39 is 66.8 Å². The highest BCUT2D eigenvalue weighted by Gasteiger charge is 2.21. The van der Waals surface area contributed by atoms with Crippen molar-refractivity contribution >= 4 is 44.1 Å². The topological polar surface area (TPSA) is 192 Å². The summed E-state index contributed by atoms with van der Waals surface area (Å²) in [5, 5.41) is 18.0. The number of hydrogen-bond acceptors (Lipinski definition) is 10. The average Bonchev–Trinajstić information content (AvgIpc) is 3.18. The molecule has 20 heteroatoms. The minimum Gasteiger partial charge on any atom is -0.478 e. The molecule has 0 aromatic heterocycles. The lowest BCUT2D eigenvalue weighted by atomic mass is 10.1. The Morgan fingerprint density at radius 3 is 1.18 bits per heavy atom. The van der Waals surface area contributed by atoms with Crippen LogP contribution in [0.1, 0.15) is 25.0 Å². The summed E-state index contributed by atoms with van der Waals surface area (Å²) in [7, 11) is -7.89. The van der Waals surface area contributed by atoms with Crippen LogP contribution in [-0.4, -0.2) is 101 Å². The Labute approximate surface area is 343 Å². The molecule has 14 nitrogen and oxygen atoms in total. The fourth-order valence-corrected chi connectivity index (χ4v) is 7.88. The number of nitrogens with zero attached hydrogens (tertiary/aromatic N) is 2. The first kappa shape index (κ1) is 45.4. The van der Waals surface area contributed by atoms with E-state index in [4.69, 9.17) is 19.7 Å². The van der Waals surface area contributed by atoms with Gasteiger partial charge in [0.15, 0.2) is 34.8 Å². The van der Waals surface area contributed by atoms with Crippen LogP contribution in [0.15, 0.2) is 93.7 Å². The van der Waals surface area contributed by atoms with E-state index in [-0.39, 0.29) is 56.7 Å². The predicted molar refractivity (Wildman–Crippen MR) is 212 cm³/mol. The van der Waals surface area contributed by atoms with Crippen LogP contribution in [0.4, 0.5) is 17.6 Å². The van der Waals surface area contributed by atoms with E-state index in [2.05, 4.69) is 9.44 Å². The first-order chi connectivity index (χ1) is 28.3. The van der Waals surface area contributed by atoms with Gasteiger partial charge >= 0.3 is 11.9 Å². The van der Waals surface area contributed by atoms with Gasteiger partial charge in [-0.05, 0) is 110 Å². The van der Waals surface area contributed by atoms with Crippen molar-refractivity contribution in [2.24, 2.45) is 0 Å². The zero-order chi connectivity index (χ0) is 43.8. The van der Waals surface area contributed by atoms with Crippen molar-refractivity contribution in [2.75, 3.05) is 52.4 Å². The molecule has 1 aliphatic rings. The van der Waals surface area contributed by atoms with Crippen molar-refractivity contribution in [1.82, 2.24) is 19.2 Å². The third-order valence-electron chi connectivity index (χ3n) is 9.10. The molecular weight excluding hydrogens is 837 g/mol. The zero-order valence-electron chi connectivity index (χ0n) is 32.1. The Bertz CT molecular complexity index is 2290. The molecule has 1 saturated heterocycles. The van der Waals surface area contributed by atoms with Gasteiger partial charge in [-0.15, -0.1) is 0 Å². The second kappa shape index (κ2) is 19.6. The smallest absolute Gasteiger partial charge is 0.331 e. The van der Waals surface area contributed by atoms with Crippen molar-refractivity contribution in [3.8, 4) is 23.0 Å². The quantitative estimate of drug-likeness (QED) is 0.0708. The Kier molecular flexibility index (Phi) is 14.9. The van der Waals surface area contributed by atoms with Gasteiger partial charge in [-0.25, -0.2) is 53.4 Å². The molecule has 5 rings (SSSR count). The maximum atomic E-state index is 14.6. The molecule has 60 heavy (non-hydrogen) atoms. The van der Waals surface area contributed by atoms with E-state index in [1.807, 2.05) is 9.80 Å². The molecule has 0 radical (unpaired) electrons. The minimum atomic E-state index is -3.94. The fraction of sp³-hybridized carbons (Fsp3) is 0.250. The van der Waals surface area contributed by atoms with Gasteiger partial charge in [-0.1, -0.05) is 0 Å². The van der Waals surface area contributed by atoms with E-state index in [1.54, 1.807) is 0 Å². The molecule has 0 spiro atoms. The van der Waals surface area contributed by atoms with Gasteiger partial charge in [0.25, 0.3) is 0 Å². The van der Waals surface area contributed by atoms with Crippen LogP contribution in [0.25, 0.3) is 12.2 Å². The third kappa shape index (κ3) is 12.2. The SMILES string of the molecule is CC(=Cc1cc(F)c(Oc2ccc(S(=O)(=O)NCCN3CCN(CCNS(=O)(=O)c4ccc(Oc5c(F)cc(C=C(C)C(=O)O)cc5F)cc4)CC3)cc2)c(F)c1)C(=O)O. The molecule has 1 heterocycles. The van der Waals surface area contributed by atoms with Crippen LogP contribution >= 0.6 is 0 Å². The number of piperazine rings is 1. The molecule has 4 aromatic carbocycles. The van der Waals surface area contributed by atoms with Gasteiger partial charge in [0, 0.05) is 63.5 Å². The summed E-state index contributed by atoms with van der Waals surface area (Å²) in [6.07, 6.45) is 2.20. The Morgan fingerprint density at radius 2 is 0.900 bits per heavy atom. The van der Waals surface area contributed by atoms with Gasteiger partial charge in [0.05, 0.1) is 9.79 Å². The van der Waals surface area contributed by atoms with E-state index >= 15 is 0 Å². The van der Waals surface area contributed by atoms with Crippen LogP contribution in [0.3, 0.4) is 0 Å². The average molecular weight is 877 g/mol. The van der Waals surface area contributed by atoms with Crippen LogP contribution in [0, 0.1) is 23.3 Å². The van der Waals surface area contributed by atoms with Gasteiger partial charge in [-0.2, -0.15) is 0 Å². The summed E-state index contributed by atoms with van der Waals surface area (Å²) in [4.78, 5) is 25.9. The van der Waals surface area contributed by atoms with Crippen LogP contribution in [-0.2, 0) is 29.6 Å². The highest BCUT2D eigenvalue weighted by Crippen LogP contribution is 2.31. The molecule has 0 atom stereocenters. The number of nitrogens with one attached hydrogen (secondary N) is 2. The van der Waals surface area contributed by atoms with Gasteiger partial charge in [0.2, 0.25) is 20.0 Å². The first-order valence-corrected chi connectivity index (χ1v) is 21.1. The lowest BCUT2D eigenvalue weighted by Crippen LogP contribution is -2.49. The summed E-state index contributed by atoms with van der Waals surface area (Å²) in [6, 6.07) is 13.5. The lowest BCUT2D eigenvalue weighted by Gasteiger charge is -2.34. The number of hydrogen-bond donors (Lipinski definition) is 4. The molecule has 4 N–H and O–H groups in total. The number of carboxylic acid groups (broad SMARTS) is 2. The summed E-state index contributed by atoms with van der Waals surface area (Å²) >= 11 is 0. The highest BCUT2D eigenvalue weighted by atomic mass is 32.2. The zero-order valence-corrected chi connectivity index (χ0v) is 33.8. The number of sulfonamides is 2. The molecular formula is C40H40F4N4O10S2. The number of rotatable bonds is 18. The lowest BCUT2D eigenvalue weighted by molar-refractivity contribution is -0.133. The van der Waals surface area contributed by atoms with Gasteiger partial charge in [0.1, 0.15) is 11.5 Å². The Morgan fingerprint density at radius 1 is 0.600 bits per heavy atom. The summed E-state index contributed by atoms with van der Waals surface area (Å²) in [6.45, 7) is 5.88. The molecule has 0 unspecified atom stereocenters. The predicted octanol–water partition coefficient (Wildman–Crippen LogP) is 5.68. The maximum absolute atomic E-state index is 14.6. The molecule has 320 valence electrons. The first-order valence-electron chi connectivity index (χ1n) is 18.1. The van der Waals surface area contributed by atoms with Crippen molar-refractivity contribution in [3.63, 3.8) is 0 Å². The van der Waals surface area contributed by atoms with Gasteiger partial charge in [-0.3, -0.25) is 9.80 Å². The Balaban J connectivity index is 1.03. The normalized spacial score (nSPS) is 14.6. The van der Waals surface area contributed by atoms with E-state index in [0.717, 1.165) is 36.4 Å². The number of carboxylic acids is 2. The Hall–Kier alpha value is -5.64. The van der Waals surface area contributed by atoms with E-state index in [0.29, 0.717) is 39.3 Å². The fourth-order valence-electron chi connectivity index (χ4n) is 5.83. The molecule has 4 aromatic rings. The number of benzene rings is 4. The number of carbonyl (C=O) groups is 2. The van der Waals surface area contributed by atoms with Crippen molar-refractivity contribution in [3.05, 3.63) is 118 Å². The number of aliphatic carboxylic acids is 2. The van der Waals surface area contributed by atoms with Crippen LogP contribution in [0.5, 0.6) is 23.0 Å². The summed E-state index contributed by atoms with van der Waals surface area (Å²) in [5.74, 6) is -8.36. The molecule has 0 bridgehead atoms. The maximum Gasteiger partial charge on any atom is 0.331 e. The number of halogens is 4. The molecule has 0 amide bonds. The molecule has 1 aliphatic heterocycles. The van der Waals surface area contributed by atoms with Crippen LogP contribution in [0.2, 0.25) is 0 Å². The largest absolute Gasteiger partial charge is 0.478 e. The summed E-state index contributed by atoms with van der Waals surface area (Å²) in [5.41, 5.74) is -0.285. The van der Waals surface area contributed by atoms with E-state index in [9.17, 15) is 44.0 Å². The molecule has 1 fully saturated rings. The monoisotopic (exact) mass is 876 g/mol. The molecule has 0 saturated carbocycles. The van der Waals surface area contributed by atoms with E-state index in [1.165, 1.54) is 62.4 Å². The minimum absolute atomic E-state index is 0.0168. The van der Waals surface area contributed by atoms with Crippen molar-refractivity contribution < 1.29 is 63.7 Å². The highest BCUT2D eigenvalue weighted by molar-refractivity contribution is 7.89. The second-order valence-electron chi connectivity index (χ2n) is 13.5.